The van der Waals surface area contributed by atoms with Gasteiger partial charge in [-0.2, -0.15) is 4.98 Å². The van der Waals surface area contributed by atoms with E-state index < -0.39 is 0 Å². The highest BCUT2D eigenvalue weighted by Gasteiger charge is 2.33. The minimum Gasteiger partial charge on any atom is -0.385 e. The number of aryl methyl sites for hydroxylation is 1. The molecule has 0 aliphatic carbocycles. The van der Waals surface area contributed by atoms with Gasteiger partial charge in [-0.1, -0.05) is 58.7 Å². The van der Waals surface area contributed by atoms with Gasteiger partial charge in [0.1, 0.15) is 0 Å². The second-order valence-electron chi connectivity index (χ2n) is 7.72. The maximum atomic E-state index is 6.15. The van der Waals surface area contributed by atoms with Gasteiger partial charge in [-0.15, -0.1) is 0 Å². The number of rotatable bonds is 7. The first-order chi connectivity index (χ1) is 15.5. The Balaban J connectivity index is 1.77. The Labute approximate surface area is 198 Å². The molecule has 6 nitrogen and oxygen atoms in total. The number of methoxy groups -OCH3 is 1. The summed E-state index contributed by atoms with van der Waals surface area (Å²) in [4.78, 5) is 6.78. The van der Waals surface area contributed by atoms with Crippen LogP contribution in [-0.2, 0) is 4.74 Å². The summed E-state index contributed by atoms with van der Waals surface area (Å²) in [6, 6.07) is 15.6. The van der Waals surface area contributed by atoms with Crippen LogP contribution in [0.1, 0.15) is 36.4 Å². The first-order valence-corrected chi connectivity index (χ1v) is 11.2. The van der Waals surface area contributed by atoms with Gasteiger partial charge in [0, 0.05) is 36.5 Å². The van der Waals surface area contributed by atoms with Crippen LogP contribution in [-0.4, -0.2) is 40.4 Å². The van der Waals surface area contributed by atoms with Crippen molar-refractivity contribution in [3.63, 3.8) is 0 Å². The Morgan fingerprint density at radius 2 is 1.97 bits per heavy atom. The summed E-state index contributed by atoms with van der Waals surface area (Å²) in [6.07, 6.45) is 0.843. The van der Waals surface area contributed by atoms with Gasteiger partial charge >= 0.3 is 0 Å². The van der Waals surface area contributed by atoms with Gasteiger partial charge in [0.05, 0.1) is 11.6 Å². The molecule has 32 heavy (non-hydrogen) atoms. The number of ether oxygens (including phenoxy) is 1. The van der Waals surface area contributed by atoms with Gasteiger partial charge in [0.2, 0.25) is 5.82 Å². The van der Waals surface area contributed by atoms with Gasteiger partial charge in [0.15, 0.2) is 5.11 Å². The lowest BCUT2D eigenvalue weighted by Crippen LogP contribution is -2.46. The van der Waals surface area contributed by atoms with Crippen LogP contribution in [0.5, 0.6) is 0 Å². The normalized spacial score (nSPS) is 16.4. The van der Waals surface area contributed by atoms with E-state index in [1.165, 1.54) is 5.56 Å². The van der Waals surface area contributed by atoms with E-state index >= 15 is 0 Å². The molecule has 0 bridgehead atoms. The first-order valence-electron chi connectivity index (χ1n) is 10.4. The van der Waals surface area contributed by atoms with Crippen LogP contribution in [0.25, 0.3) is 17.0 Å². The van der Waals surface area contributed by atoms with Crippen LogP contribution >= 0.6 is 23.8 Å². The number of allylic oxidation sites excluding steroid dienone is 1. The zero-order valence-corrected chi connectivity index (χ0v) is 19.8. The van der Waals surface area contributed by atoms with Crippen LogP contribution in [0.3, 0.4) is 0 Å². The molecule has 0 spiro atoms. The van der Waals surface area contributed by atoms with Crippen molar-refractivity contribution in [3.05, 3.63) is 76.3 Å². The SMILES string of the molecule is COCCCN1C(=S)NC(c2ccc(C)cc2)C(c2nc(-c3cccc(Cl)c3)no2)=C1C. The van der Waals surface area contributed by atoms with E-state index in [4.69, 9.17) is 38.1 Å². The Hall–Kier alpha value is -2.74. The molecular formula is C24H25ClN4O2S. The summed E-state index contributed by atoms with van der Waals surface area (Å²) < 4.78 is 11.0. The molecule has 0 fully saturated rings. The van der Waals surface area contributed by atoms with Gasteiger partial charge in [-0.25, -0.2) is 0 Å². The lowest BCUT2D eigenvalue weighted by atomic mass is 9.94. The average molecular weight is 469 g/mol. The highest BCUT2D eigenvalue weighted by Crippen LogP contribution is 2.37. The Kier molecular flexibility index (Phi) is 6.89. The fourth-order valence-corrected chi connectivity index (χ4v) is 4.32. The molecule has 1 aliphatic heterocycles. The van der Waals surface area contributed by atoms with Crippen molar-refractivity contribution < 1.29 is 9.26 Å². The first kappa shape index (κ1) is 22.5. The smallest absolute Gasteiger partial charge is 0.258 e. The number of nitrogens with zero attached hydrogens (tertiary/aromatic N) is 3. The van der Waals surface area contributed by atoms with Gasteiger partial charge in [0.25, 0.3) is 5.89 Å². The van der Waals surface area contributed by atoms with E-state index in [1.807, 2.05) is 31.2 Å². The Morgan fingerprint density at radius 3 is 2.69 bits per heavy atom. The summed E-state index contributed by atoms with van der Waals surface area (Å²) >= 11 is 11.9. The van der Waals surface area contributed by atoms with Crippen molar-refractivity contribution >= 4 is 34.5 Å². The zero-order chi connectivity index (χ0) is 22.7. The minimum atomic E-state index is -0.200. The molecule has 1 N–H and O–H groups in total. The molecule has 0 radical (unpaired) electrons. The van der Waals surface area contributed by atoms with E-state index in [0.717, 1.165) is 35.4 Å². The van der Waals surface area contributed by atoms with E-state index in [-0.39, 0.29) is 6.04 Å². The lowest BCUT2D eigenvalue weighted by Gasteiger charge is -2.37. The van der Waals surface area contributed by atoms with Crippen molar-refractivity contribution in [1.29, 1.82) is 0 Å². The molecule has 4 rings (SSSR count). The molecule has 0 amide bonds. The van der Waals surface area contributed by atoms with Crippen molar-refractivity contribution in [3.8, 4) is 11.4 Å². The third kappa shape index (κ3) is 4.70. The highest BCUT2D eigenvalue weighted by molar-refractivity contribution is 7.80. The van der Waals surface area contributed by atoms with Gasteiger partial charge in [-0.05, 0) is 50.2 Å². The third-order valence-corrected chi connectivity index (χ3v) is 6.05. The van der Waals surface area contributed by atoms with Gasteiger partial charge < -0.3 is 19.5 Å². The van der Waals surface area contributed by atoms with Crippen LogP contribution in [0.4, 0.5) is 0 Å². The topological polar surface area (TPSA) is 63.4 Å². The molecule has 2 heterocycles. The molecule has 1 atom stereocenters. The van der Waals surface area contributed by atoms with Crippen LogP contribution in [0, 0.1) is 6.92 Å². The van der Waals surface area contributed by atoms with Crippen LogP contribution in [0.2, 0.25) is 5.02 Å². The molecule has 1 aliphatic rings. The van der Waals surface area contributed by atoms with Crippen molar-refractivity contribution in [2.24, 2.45) is 0 Å². The molecule has 2 aromatic carbocycles. The van der Waals surface area contributed by atoms with Crippen molar-refractivity contribution in [2.75, 3.05) is 20.3 Å². The molecular weight excluding hydrogens is 444 g/mol. The summed E-state index contributed by atoms with van der Waals surface area (Å²) in [5, 5.41) is 8.99. The molecule has 3 aromatic rings. The molecule has 1 unspecified atom stereocenters. The summed E-state index contributed by atoms with van der Waals surface area (Å²) in [5.41, 5.74) is 4.95. The number of halogens is 1. The van der Waals surface area contributed by atoms with Crippen molar-refractivity contribution in [1.82, 2.24) is 20.4 Å². The Bertz CT molecular complexity index is 1140. The lowest BCUT2D eigenvalue weighted by molar-refractivity contribution is 0.188. The fraction of sp³-hybridized carbons (Fsp3) is 0.292. The van der Waals surface area contributed by atoms with Crippen molar-refractivity contribution in [2.45, 2.75) is 26.3 Å². The summed E-state index contributed by atoms with van der Waals surface area (Å²) in [5.74, 6) is 0.944. The van der Waals surface area contributed by atoms with Gasteiger partial charge in [-0.3, -0.25) is 0 Å². The number of hydrogen-bond acceptors (Lipinski definition) is 5. The van der Waals surface area contributed by atoms with Crippen LogP contribution < -0.4 is 5.32 Å². The molecule has 8 heteroatoms. The predicted molar refractivity (Wildman–Crippen MR) is 130 cm³/mol. The highest BCUT2D eigenvalue weighted by atomic mass is 35.5. The number of hydrogen-bond donors (Lipinski definition) is 1. The third-order valence-electron chi connectivity index (χ3n) is 5.48. The Morgan fingerprint density at radius 1 is 1.19 bits per heavy atom. The number of benzene rings is 2. The quantitative estimate of drug-likeness (QED) is 0.368. The number of thiocarbonyl (C=S) groups is 1. The van der Waals surface area contributed by atoms with Crippen LogP contribution in [0.15, 0.2) is 58.8 Å². The number of nitrogens with one attached hydrogen (secondary N) is 1. The van der Waals surface area contributed by atoms with E-state index in [0.29, 0.717) is 28.5 Å². The largest absolute Gasteiger partial charge is 0.385 e. The summed E-state index contributed by atoms with van der Waals surface area (Å²) in [6.45, 7) is 5.49. The molecule has 0 saturated carbocycles. The molecule has 1 aromatic heterocycles. The molecule has 166 valence electrons. The second-order valence-corrected chi connectivity index (χ2v) is 8.55. The fourth-order valence-electron chi connectivity index (χ4n) is 3.78. The monoisotopic (exact) mass is 468 g/mol. The zero-order valence-electron chi connectivity index (χ0n) is 18.3. The van der Waals surface area contributed by atoms with E-state index in [9.17, 15) is 0 Å². The average Bonchev–Trinajstić information content (AvgIpc) is 3.26. The minimum absolute atomic E-state index is 0.200. The maximum Gasteiger partial charge on any atom is 0.258 e. The van der Waals surface area contributed by atoms with E-state index in [2.05, 4.69) is 46.6 Å². The molecule has 0 saturated heterocycles. The standard InChI is InChI=1S/C24H25ClN4O2S/c1-15-8-10-17(11-9-15)21-20(16(2)29(24(32)26-21)12-5-13-30-3)23-27-22(28-31-23)18-6-4-7-19(25)14-18/h4,6-11,14,21H,5,12-13H2,1-3H3,(H,26,32). The van der Waals surface area contributed by atoms with E-state index in [1.54, 1.807) is 7.11 Å². The maximum absolute atomic E-state index is 6.15. The number of aromatic nitrogens is 2. The predicted octanol–water partition coefficient (Wildman–Crippen LogP) is 5.40. The second kappa shape index (κ2) is 9.81. The summed E-state index contributed by atoms with van der Waals surface area (Å²) in [7, 11) is 1.70.